The highest BCUT2D eigenvalue weighted by Crippen LogP contribution is 2.30. The summed E-state index contributed by atoms with van der Waals surface area (Å²) in [7, 11) is 2.08. The lowest BCUT2D eigenvalue weighted by Gasteiger charge is -2.30. The Labute approximate surface area is 214 Å². The monoisotopic (exact) mass is 509 g/mol. The number of alkyl halides is 3. The molecule has 4 rings (SSSR count). The number of rotatable bonds is 6. The van der Waals surface area contributed by atoms with Crippen LogP contribution in [0.2, 0.25) is 0 Å². The number of piperidine rings is 1. The molecular formula is C27H30F3N7. The maximum Gasteiger partial charge on any atom is 0.406 e. The molecule has 4 heterocycles. The molecule has 37 heavy (non-hydrogen) atoms. The van der Waals surface area contributed by atoms with E-state index in [1.54, 1.807) is 38.2 Å². The zero-order valence-corrected chi connectivity index (χ0v) is 21.2. The number of aromatic nitrogens is 3. The van der Waals surface area contributed by atoms with Crippen LogP contribution in [0.15, 0.2) is 36.7 Å². The van der Waals surface area contributed by atoms with Gasteiger partial charge < -0.3 is 20.1 Å². The molecular weight excluding hydrogens is 479 g/mol. The van der Waals surface area contributed by atoms with Gasteiger partial charge in [0, 0.05) is 23.3 Å². The molecule has 0 aliphatic carbocycles. The van der Waals surface area contributed by atoms with E-state index < -0.39 is 18.1 Å². The third kappa shape index (κ3) is 6.52. The first-order valence-corrected chi connectivity index (χ1v) is 12.2. The van der Waals surface area contributed by atoms with E-state index in [-0.39, 0.29) is 23.9 Å². The van der Waals surface area contributed by atoms with Gasteiger partial charge >= 0.3 is 6.18 Å². The van der Waals surface area contributed by atoms with Gasteiger partial charge in [-0.2, -0.15) is 18.4 Å². The molecule has 194 valence electrons. The van der Waals surface area contributed by atoms with Gasteiger partial charge in [0.05, 0.1) is 41.3 Å². The number of nitrogens with zero attached hydrogens (tertiary/aromatic N) is 5. The van der Waals surface area contributed by atoms with Gasteiger partial charge in [-0.3, -0.25) is 4.98 Å². The maximum absolute atomic E-state index is 13.4. The third-order valence-corrected chi connectivity index (χ3v) is 6.49. The van der Waals surface area contributed by atoms with Crippen molar-refractivity contribution < 1.29 is 13.2 Å². The van der Waals surface area contributed by atoms with E-state index >= 15 is 0 Å². The van der Waals surface area contributed by atoms with Crippen molar-refractivity contribution in [1.82, 2.24) is 19.4 Å². The Hall–Kier alpha value is -3.76. The molecule has 1 aliphatic rings. The van der Waals surface area contributed by atoms with Gasteiger partial charge in [-0.25, -0.2) is 4.98 Å². The van der Waals surface area contributed by atoms with Crippen LogP contribution in [0.4, 0.5) is 24.5 Å². The third-order valence-electron chi connectivity index (χ3n) is 6.49. The van der Waals surface area contributed by atoms with Crippen molar-refractivity contribution in [2.24, 2.45) is 0 Å². The minimum atomic E-state index is -4.41. The molecule has 0 atom stereocenters. The van der Waals surface area contributed by atoms with Gasteiger partial charge in [0.15, 0.2) is 0 Å². The predicted octanol–water partition coefficient (Wildman–Crippen LogP) is 4.76. The fraction of sp³-hybridized carbons (Fsp3) is 0.444. The SMILES string of the molecule is CN1CCC(Nc2ccnc3c2cc(C#CCNc2ccc(C(C)(C)C#N)nc2)n3CC(F)(F)F)CC1. The van der Waals surface area contributed by atoms with E-state index in [9.17, 15) is 18.4 Å². The molecule has 7 nitrogen and oxygen atoms in total. The second-order valence-electron chi connectivity index (χ2n) is 9.87. The highest BCUT2D eigenvalue weighted by atomic mass is 19.4. The minimum absolute atomic E-state index is 0.213. The zero-order valence-electron chi connectivity index (χ0n) is 21.2. The summed E-state index contributed by atoms with van der Waals surface area (Å²) in [5.41, 5.74) is 1.94. The lowest BCUT2D eigenvalue weighted by Crippen LogP contribution is -2.36. The fourth-order valence-electron chi connectivity index (χ4n) is 4.30. The van der Waals surface area contributed by atoms with E-state index in [0.29, 0.717) is 16.8 Å². The molecule has 1 saturated heterocycles. The van der Waals surface area contributed by atoms with Crippen molar-refractivity contribution in [3.05, 3.63) is 48.0 Å². The molecule has 0 bridgehead atoms. The number of anilines is 2. The zero-order chi connectivity index (χ0) is 26.6. The van der Waals surface area contributed by atoms with Gasteiger partial charge in [0.2, 0.25) is 0 Å². The van der Waals surface area contributed by atoms with Gasteiger partial charge in [-0.1, -0.05) is 5.92 Å². The molecule has 1 aliphatic heterocycles. The molecule has 3 aromatic rings. The largest absolute Gasteiger partial charge is 0.406 e. The van der Waals surface area contributed by atoms with Crippen LogP contribution in [0.1, 0.15) is 38.1 Å². The predicted molar refractivity (Wildman–Crippen MR) is 138 cm³/mol. The summed E-state index contributed by atoms with van der Waals surface area (Å²) < 4.78 is 41.4. The summed E-state index contributed by atoms with van der Waals surface area (Å²) >= 11 is 0. The standard InChI is InChI=1S/C27H30F3N7/c1-26(2,17-31)24-7-6-20(16-34-24)32-11-4-5-21-15-22-23(35-19-9-13-36(3)14-10-19)8-12-33-25(22)37(21)18-27(28,29)30/h6-8,12,15-16,19,32H,9-11,13-14,18H2,1-3H3,(H,33,35). The molecule has 2 N–H and O–H groups in total. The second kappa shape index (κ2) is 10.7. The first-order valence-electron chi connectivity index (χ1n) is 12.2. The van der Waals surface area contributed by atoms with Crippen molar-refractivity contribution in [3.8, 4) is 17.9 Å². The Kier molecular flexibility index (Phi) is 7.60. The number of pyridine rings is 2. The van der Waals surface area contributed by atoms with Crippen molar-refractivity contribution in [3.63, 3.8) is 0 Å². The maximum atomic E-state index is 13.4. The molecule has 0 amide bonds. The van der Waals surface area contributed by atoms with Crippen molar-refractivity contribution >= 4 is 22.4 Å². The van der Waals surface area contributed by atoms with E-state index in [1.807, 2.05) is 6.07 Å². The van der Waals surface area contributed by atoms with Crippen LogP contribution in [-0.4, -0.2) is 58.3 Å². The Morgan fingerprint density at radius 2 is 1.89 bits per heavy atom. The van der Waals surface area contributed by atoms with Crippen molar-refractivity contribution in [2.75, 3.05) is 37.3 Å². The van der Waals surface area contributed by atoms with Gasteiger partial charge in [0.25, 0.3) is 0 Å². The van der Waals surface area contributed by atoms with Crippen LogP contribution < -0.4 is 10.6 Å². The van der Waals surface area contributed by atoms with Crippen LogP contribution in [0.3, 0.4) is 0 Å². The lowest BCUT2D eigenvalue weighted by molar-refractivity contribution is -0.140. The molecule has 0 aromatic carbocycles. The molecule has 0 saturated carbocycles. The van der Waals surface area contributed by atoms with E-state index in [0.717, 1.165) is 36.2 Å². The number of nitrogens with one attached hydrogen (secondary N) is 2. The van der Waals surface area contributed by atoms with Gasteiger partial charge in [-0.15, -0.1) is 0 Å². The number of hydrogen-bond acceptors (Lipinski definition) is 6. The summed E-state index contributed by atoms with van der Waals surface area (Å²) in [5, 5.41) is 16.5. The second-order valence-corrected chi connectivity index (χ2v) is 9.87. The van der Waals surface area contributed by atoms with Crippen LogP contribution >= 0.6 is 0 Å². The van der Waals surface area contributed by atoms with Crippen LogP contribution in [0.25, 0.3) is 11.0 Å². The average molecular weight is 510 g/mol. The fourth-order valence-corrected chi connectivity index (χ4v) is 4.30. The number of halogens is 3. The van der Waals surface area contributed by atoms with Gasteiger partial charge in [0.1, 0.15) is 12.2 Å². The topological polar surface area (TPSA) is 81.8 Å². The number of likely N-dealkylation sites (tertiary alicyclic amines) is 1. The summed E-state index contributed by atoms with van der Waals surface area (Å²) in [4.78, 5) is 10.8. The molecule has 1 fully saturated rings. The van der Waals surface area contributed by atoms with E-state index in [1.165, 1.54) is 6.20 Å². The van der Waals surface area contributed by atoms with E-state index in [2.05, 4.69) is 50.5 Å². The summed E-state index contributed by atoms with van der Waals surface area (Å²) in [5.74, 6) is 5.81. The molecule has 3 aromatic heterocycles. The first kappa shape index (κ1) is 26.3. The molecule has 0 radical (unpaired) electrons. The Bertz CT molecular complexity index is 1330. The number of fused-ring (bicyclic) bond motifs is 1. The Morgan fingerprint density at radius 3 is 2.54 bits per heavy atom. The highest BCUT2D eigenvalue weighted by Gasteiger charge is 2.30. The minimum Gasteiger partial charge on any atom is -0.382 e. The highest BCUT2D eigenvalue weighted by molar-refractivity contribution is 5.91. The first-order chi connectivity index (χ1) is 17.6. The normalized spacial score (nSPS) is 15.2. The summed E-state index contributed by atoms with van der Waals surface area (Å²) in [6.45, 7) is 4.57. The lowest BCUT2D eigenvalue weighted by atomic mass is 9.91. The van der Waals surface area contributed by atoms with Crippen molar-refractivity contribution in [1.29, 1.82) is 5.26 Å². The van der Waals surface area contributed by atoms with Crippen molar-refractivity contribution in [2.45, 2.75) is 50.9 Å². The van der Waals surface area contributed by atoms with Crippen LogP contribution in [0.5, 0.6) is 0 Å². The quantitative estimate of drug-likeness (QED) is 0.466. The average Bonchev–Trinajstić information content (AvgIpc) is 3.20. The number of nitriles is 1. The Balaban J connectivity index is 1.54. The van der Waals surface area contributed by atoms with Crippen LogP contribution in [0, 0.1) is 23.2 Å². The molecule has 0 spiro atoms. The number of hydrogen-bond donors (Lipinski definition) is 2. The summed E-state index contributed by atoms with van der Waals surface area (Å²) in [6, 6.07) is 9.52. The smallest absolute Gasteiger partial charge is 0.382 e. The molecule has 0 unspecified atom stereocenters. The Morgan fingerprint density at radius 1 is 1.14 bits per heavy atom. The summed E-state index contributed by atoms with van der Waals surface area (Å²) in [6.07, 6.45) is 0.666. The van der Waals surface area contributed by atoms with Crippen LogP contribution in [-0.2, 0) is 12.0 Å². The van der Waals surface area contributed by atoms with Gasteiger partial charge in [-0.05, 0) is 77.0 Å². The molecule has 10 heteroatoms. The van der Waals surface area contributed by atoms with E-state index in [4.69, 9.17) is 0 Å².